The van der Waals surface area contributed by atoms with Gasteiger partial charge in [-0.2, -0.15) is 13.2 Å². The summed E-state index contributed by atoms with van der Waals surface area (Å²) in [6.07, 6.45) is -1.54. The maximum Gasteiger partial charge on any atom is 0.416 e. The molecule has 4 rings (SSSR count). The summed E-state index contributed by atoms with van der Waals surface area (Å²) in [5.74, 6) is 0.557. The zero-order valence-corrected chi connectivity index (χ0v) is 17.0. The van der Waals surface area contributed by atoms with Crippen molar-refractivity contribution in [3.63, 3.8) is 0 Å². The van der Waals surface area contributed by atoms with Crippen LogP contribution in [-0.2, 0) is 6.18 Å². The Morgan fingerprint density at radius 2 is 1.44 bits per heavy atom. The van der Waals surface area contributed by atoms with Crippen LogP contribution in [0.1, 0.15) is 5.56 Å². The standard InChI is InChI=1S/C22H21F3N6O/c23-22(24,25)16-5-4-6-17(13-16)28-21(32)29-18-14-26-20(27-15-18)31-11-9-30(10-12-31)19-7-2-1-3-8-19/h1-8,13-15H,9-12H2,(H2,28,29,32). The number of para-hydroxylation sites is 1. The van der Waals surface area contributed by atoms with Gasteiger partial charge in [0.25, 0.3) is 0 Å². The van der Waals surface area contributed by atoms with Crippen LogP contribution >= 0.6 is 0 Å². The lowest BCUT2D eigenvalue weighted by Gasteiger charge is -2.36. The summed E-state index contributed by atoms with van der Waals surface area (Å²) in [4.78, 5) is 25.1. The van der Waals surface area contributed by atoms with Crippen molar-refractivity contribution in [3.8, 4) is 0 Å². The molecule has 7 nitrogen and oxygen atoms in total. The normalized spacial score (nSPS) is 14.2. The van der Waals surface area contributed by atoms with Crippen molar-refractivity contribution in [2.24, 2.45) is 0 Å². The number of halogens is 3. The first-order valence-corrected chi connectivity index (χ1v) is 10.0. The fraction of sp³-hybridized carbons (Fsp3) is 0.227. The van der Waals surface area contributed by atoms with Gasteiger partial charge >= 0.3 is 12.2 Å². The number of urea groups is 1. The number of aromatic nitrogens is 2. The highest BCUT2D eigenvalue weighted by Gasteiger charge is 2.30. The summed E-state index contributed by atoms with van der Waals surface area (Å²) in [5, 5.41) is 4.90. The van der Waals surface area contributed by atoms with Crippen LogP contribution in [0.25, 0.3) is 0 Å². The van der Waals surface area contributed by atoms with Crippen molar-refractivity contribution in [2.75, 3.05) is 46.6 Å². The molecule has 1 aliphatic rings. The van der Waals surface area contributed by atoms with Crippen molar-refractivity contribution in [1.82, 2.24) is 9.97 Å². The fourth-order valence-electron chi connectivity index (χ4n) is 3.42. The van der Waals surface area contributed by atoms with Crippen LogP contribution in [0, 0.1) is 0 Å². The minimum absolute atomic E-state index is 0.0335. The van der Waals surface area contributed by atoms with Crippen LogP contribution in [-0.4, -0.2) is 42.2 Å². The second kappa shape index (κ2) is 9.13. The van der Waals surface area contributed by atoms with Crippen molar-refractivity contribution in [3.05, 3.63) is 72.6 Å². The number of alkyl halides is 3. The second-order valence-corrected chi connectivity index (χ2v) is 7.24. The van der Waals surface area contributed by atoms with Gasteiger partial charge in [0.05, 0.1) is 23.6 Å². The molecule has 1 fully saturated rings. The smallest absolute Gasteiger partial charge is 0.368 e. The molecule has 1 saturated heterocycles. The zero-order valence-electron chi connectivity index (χ0n) is 17.0. The minimum atomic E-state index is -4.48. The van der Waals surface area contributed by atoms with E-state index < -0.39 is 17.8 Å². The fourth-order valence-corrected chi connectivity index (χ4v) is 3.42. The molecule has 166 valence electrons. The van der Waals surface area contributed by atoms with Crippen molar-refractivity contribution in [2.45, 2.75) is 6.18 Å². The lowest BCUT2D eigenvalue weighted by molar-refractivity contribution is -0.137. The maximum absolute atomic E-state index is 12.8. The Bertz CT molecular complexity index is 1050. The number of carbonyl (C=O) groups is 1. The van der Waals surface area contributed by atoms with Gasteiger partial charge < -0.3 is 20.4 Å². The lowest BCUT2D eigenvalue weighted by atomic mass is 10.2. The highest BCUT2D eigenvalue weighted by Crippen LogP contribution is 2.30. The number of amides is 2. The predicted octanol–water partition coefficient (Wildman–Crippen LogP) is 4.47. The van der Waals surface area contributed by atoms with Crippen molar-refractivity contribution < 1.29 is 18.0 Å². The van der Waals surface area contributed by atoms with Gasteiger partial charge in [0, 0.05) is 37.6 Å². The number of anilines is 4. The number of rotatable bonds is 4. The molecule has 0 unspecified atom stereocenters. The SMILES string of the molecule is O=C(Nc1cnc(N2CCN(c3ccccc3)CC2)nc1)Nc1cccc(C(F)(F)F)c1. The van der Waals surface area contributed by atoms with E-state index in [-0.39, 0.29) is 5.69 Å². The molecule has 2 heterocycles. The van der Waals surface area contributed by atoms with Crippen LogP contribution in [0.15, 0.2) is 67.0 Å². The molecule has 0 aliphatic carbocycles. The lowest BCUT2D eigenvalue weighted by Crippen LogP contribution is -2.47. The first kappa shape index (κ1) is 21.4. The van der Waals surface area contributed by atoms with Crippen LogP contribution < -0.4 is 20.4 Å². The summed E-state index contributed by atoms with van der Waals surface area (Å²) in [5.41, 5.74) is 0.710. The number of hydrogen-bond donors (Lipinski definition) is 2. The van der Waals surface area contributed by atoms with E-state index in [1.165, 1.54) is 30.2 Å². The molecule has 0 radical (unpaired) electrons. The Labute approximate surface area is 182 Å². The van der Waals surface area contributed by atoms with Crippen LogP contribution in [0.5, 0.6) is 0 Å². The molecule has 1 aliphatic heterocycles. The number of nitrogens with one attached hydrogen (secondary N) is 2. The largest absolute Gasteiger partial charge is 0.416 e. The van der Waals surface area contributed by atoms with E-state index in [0.29, 0.717) is 11.6 Å². The Balaban J connectivity index is 1.31. The molecule has 0 saturated carbocycles. The average Bonchev–Trinajstić information content (AvgIpc) is 2.80. The molecule has 0 spiro atoms. The van der Waals surface area contributed by atoms with Gasteiger partial charge in [0.1, 0.15) is 0 Å². The first-order chi connectivity index (χ1) is 15.4. The van der Waals surface area contributed by atoms with E-state index >= 15 is 0 Å². The number of piperazine rings is 1. The third kappa shape index (κ3) is 5.26. The maximum atomic E-state index is 12.8. The molecule has 10 heteroatoms. The Hall–Kier alpha value is -3.82. The highest BCUT2D eigenvalue weighted by atomic mass is 19.4. The number of benzene rings is 2. The predicted molar refractivity (Wildman–Crippen MR) is 117 cm³/mol. The summed E-state index contributed by atoms with van der Waals surface area (Å²) in [6.45, 7) is 3.20. The van der Waals surface area contributed by atoms with E-state index in [2.05, 4.69) is 42.5 Å². The van der Waals surface area contributed by atoms with E-state index in [4.69, 9.17) is 0 Å². The summed E-state index contributed by atoms with van der Waals surface area (Å²) >= 11 is 0. The molecular formula is C22H21F3N6O. The third-order valence-electron chi connectivity index (χ3n) is 5.03. The molecule has 0 bridgehead atoms. The van der Waals surface area contributed by atoms with Crippen molar-refractivity contribution >= 4 is 29.0 Å². The van der Waals surface area contributed by atoms with E-state index in [0.717, 1.165) is 38.3 Å². The first-order valence-electron chi connectivity index (χ1n) is 10.0. The van der Waals surface area contributed by atoms with Gasteiger partial charge in [-0.15, -0.1) is 0 Å². The molecule has 1 aromatic heterocycles. The third-order valence-corrected chi connectivity index (χ3v) is 5.03. The molecular weight excluding hydrogens is 421 g/mol. The molecule has 32 heavy (non-hydrogen) atoms. The van der Waals surface area contributed by atoms with Crippen LogP contribution in [0.4, 0.5) is 41.0 Å². The zero-order chi connectivity index (χ0) is 22.6. The summed E-state index contributed by atoms with van der Waals surface area (Å²) in [7, 11) is 0. The van der Waals surface area contributed by atoms with Crippen molar-refractivity contribution in [1.29, 1.82) is 0 Å². The van der Waals surface area contributed by atoms with E-state index in [1.807, 2.05) is 18.2 Å². The summed E-state index contributed by atoms with van der Waals surface area (Å²) in [6, 6.07) is 13.9. The Morgan fingerprint density at radius 1 is 0.812 bits per heavy atom. The Morgan fingerprint density at radius 3 is 2.09 bits per heavy atom. The minimum Gasteiger partial charge on any atom is -0.368 e. The van der Waals surface area contributed by atoms with Gasteiger partial charge in [-0.3, -0.25) is 0 Å². The molecule has 0 atom stereocenters. The topological polar surface area (TPSA) is 73.4 Å². The highest BCUT2D eigenvalue weighted by molar-refractivity contribution is 5.99. The summed E-state index contributed by atoms with van der Waals surface area (Å²) < 4.78 is 38.4. The van der Waals surface area contributed by atoms with Crippen LogP contribution in [0.3, 0.4) is 0 Å². The second-order valence-electron chi connectivity index (χ2n) is 7.24. The van der Waals surface area contributed by atoms with Crippen LogP contribution in [0.2, 0.25) is 0 Å². The average molecular weight is 442 g/mol. The molecule has 2 N–H and O–H groups in total. The molecule has 2 aromatic carbocycles. The molecule has 3 aromatic rings. The van der Waals surface area contributed by atoms with Gasteiger partial charge in [-0.05, 0) is 30.3 Å². The Kier molecular flexibility index (Phi) is 6.11. The monoisotopic (exact) mass is 442 g/mol. The number of carbonyl (C=O) groups excluding carboxylic acids is 1. The quantitative estimate of drug-likeness (QED) is 0.624. The van der Waals surface area contributed by atoms with Gasteiger partial charge in [0.2, 0.25) is 5.95 Å². The molecule has 2 amide bonds. The van der Waals surface area contributed by atoms with E-state index in [1.54, 1.807) is 0 Å². The van der Waals surface area contributed by atoms with Gasteiger partial charge in [0.15, 0.2) is 0 Å². The van der Waals surface area contributed by atoms with E-state index in [9.17, 15) is 18.0 Å². The number of hydrogen-bond acceptors (Lipinski definition) is 5. The van der Waals surface area contributed by atoms with Gasteiger partial charge in [-0.1, -0.05) is 24.3 Å². The number of nitrogens with zero attached hydrogens (tertiary/aromatic N) is 4. The van der Waals surface area contributed by atoms with Gasteiger partial charge in [-0.25, -0.2) is 14.8 Å².